The number of hydrogen-bond donors (Lipinski definition) is 0. The first kappa shape index (κ1) is 32.7. The van der Waals surface area contributed by atoms with Crippen LogP contribution in [0, 0.1) is 0 Å². The molecule has 0 rings (SSSR count). The van der Waals surface area contributed by atoms with E-state index in [2.05, 4.69) is 0 Å². The molecule has 0 aromatic heterocycles. The van der Waals surface area contributed by atoms with Crippen molar-refractivity contribution in [3.05, 3.63) is 0 Å². The van der Waals surface area contributed by atoms with Gasteiger partial charge in [0.2, 0.25) is 0 Å². The third kappa shape index (κ3) is 62.0. The molecule has 0 heterocycles. The monoisotopic (exact) mass is 318 g/mol. The molecule has 0 aromatic carbocycles. The van der Waals surface area contributed by atoms with Gasteiger partial charge in [-0.15, -0.1) is 39.6 Å². The fourth-order valence-corrected chi connectivity index (χ4v) is 0.612. The first-order chi connectivity index (χ1) is 8.74. The Morgan fingerprint density at radius 2 is 0.400 bits per heavy atom. The summed E-state index contributed by atoms with van der Waals surface area (Å²) in [5.41, 5.74) is 0. The van der Waals surface area contributed by atoms with E-state index in [-0.39, 0.29) is 74.4 Å². The van der Waals surface area contributed by atoms with Crippen molar-refractivity contribution in [3.63, 3.8) is 0 Å². The summed E-state index contributed by atoms with van der Waals surface area (Å²) in [5.74, 6) is 0. The molecule has 0 spiro atoms. The molecule has 0 aromatic rings. The smallest absolute Gasteiger partial charge is 0.854 e. The summed E-state index contributed by atoms with van der Waals surface area (Å²) in [6, 6.07) is 0. The van der Waals surface area contributed by atoms with Crippen LogP contribution in [0.2, 0.25) is 0 Å². The van der Waals surface area contributed by atoms with E-state index < -0.39 is 0 Å². The van der Waals surface area contributed by atoms with Crippen LogP contribution in [0.5, 0.6) is 0 Å². The van der Waals surface area contributed by atoms with E-state index in [1.54, 1.807) is 0 Å². The molecule has 0 aliphatic carbocycles. The van der Waals surface area contributed by atoms with Gasteiger partial charge in [-0.05, 0) is 0 Å². The maximum Gasteiger partial charge on any atom is 3.00 e. The summed E-state index contributed by atoms with van der Waals surface area (Å²) in [7, 11) is 0. The minimum atomic E-state index is -0.0950. The van der Waals surface area contributed by atoms with Crippen LogP contribution in [0.4, 0.5) is 0 Å². The van der Waals surface area contributed by atoms with E-state index in [4.69, 9.17) is 0 Å². The molecule has 0 bridgehead atoms. The molecule has 0 saturated carbocycles. The summed E-state index contributed by atoms with van der Waals surface area (Å²) in [4.78, 5) is 0. The topological polar surface area (TPSA) is 138 Å². The average Bonchev–Trinajstić information content (AvgIpc) is 2.42. The molecule has 0 N–H and O–H groups in total. The minimum Gasteiger partial charge on any atom is -0.854 e. The zero-order valence-electron chi connectivity index (χ0n) is 12.1. The van der Waals surface area contributed by atoms with Crippen molar-refractivity contribution >= 4 is 34.7 Å². The number of unbranched alkanes of at least 4 members (excludes halogenated alkanes) is 3. The molecule has 0 aliphatic rings. The standard InChI is InChI=1S/3C4H8O2.2Al/c3*5-3-1-2-4-6;;/h3*1-4H2;;/q3*-2;2*+3. The van der Waals surface area contributed by atoms with Crippen molar-refractivity contribution in [2.24, 2.45) is 0 Å². The van der Waals surface area contributed by atoms with Gasteiger partial charge < -0.3 is 30.6 Å². The van der Waals surface area contributed by atoms with Crippen LogP contribution < -0.4 is 30.6 Å². The second-order valence-corrected chi connectivity index (χ2v) is 3.35. The van der Waals surface area contributed by atoms with Crippen molar-refractivity contribution in [1.82, 2.24) is 0 Å². The SMILES string of the molecule is [Al+3].[Al+3].[O-]CCCC[O-].[O-]CCCC[O-].[O-]CCCC[O-]. The molecular weight excluding hydrogens is 294 g/mol. The van der Waals surface area contributed by atoms with Crippen LogP contribution in [-0.2, 0) is 0 Å². The molecule has 0 unspecified atom stereocenters. The molecule has 6 nitrogen and oxygen atoms in total. The number of hydrogen-bond acceptors (Lipinski definition) is 6. The van der Waals surface area contributed by atoms with Crippen molar-refractivity contribution in [3.8, 4) is 0 Å². The molecule has 0 saturated heterocycles. The second-order valence-electron chi connectivity index (χ2n) is 3.35. The summed E-state index contributed by atoms with van der Waals surface area (Å²) < 4.78 is 0. The predicted octanol–water partition coefficient (Wildman–Crippen LogP) is -5.30. The normalized spacial score (nSPS) is 8.10. The molecule has 0 radical (unpaired) electrons. The Hall–Kier alpha value is 0.825. The van der Waals surface area contributed by atoms with Crippen molar-refractivity contribution in [2.45, 2.75) is 38.5 Å². The van der Waals surface area contributed by atoms with Crippen LogP contribution >= 0.6 is 0 Å². The molecule has 0 atom stereocenters. The van der Waals surface area contributed by atoms with Crippen LogP contribution in [0.3, 0.4) is 0 Å². The van der Waals surface area contributed by atoms with Gasteiger partial charge in [0.1, 0.15) is 0 Å². The molecule has 20 heavy (non-hydrogen) atoms. The van der Waals surface area contributed by atoms with E-state index >= 15 is 0 Å². The maximum absolute atomic E-state index is 9.55. The molecule has 0 amide bonds. The fourth-order valence-electron chi connectivity index (χ4n) is 0.612. The third-order valence-electron chi connectivity index (χ3n) is 1.62. The van der Waals surface area contributed by atoms with Crippen molar-refractivity contribution in [1.29, 1.82) is 0 Å². The van der Waals surface area contributed by atoms with Crippen LogP contribution in [0.25, 0.3) is 0 Å². The van der Waals surface area contributed by atoms with Gasteiger partial charge in [-0.25, -0.2) is 0 Å². The summed E-state index contributed by atoms with van der Waals surface area (Å²) in [6.07, 6.45) is 3.27. The molecule has 0 fully saturated rings. The summed E-state index contributed by atoms with van der Waals surface area (Å²) >= 11 is 0. The summed E-state index contributed by atoms with van der Waals surface area (Å²) in [5, 5.41) is 57.3. The fraction of sp³-hybridized carbons (Fsp3) is 1.00. The van der Waals surface area contributed by atoms with E-state index in [0.717, 1.165) is 0 Å². The van der Waals surface area contributed by atoms with E-state index in [9.17, 15) is 30.6 Å². The van der Waals surface area contributed by atoms with E-state index in [0.29, 0.717) is 38.5 Å². The number of rotatable bonds is 9. The zero-order chi connectivity index (χ0) is 14.5. The second kappa shape index (κ2) is 42.7. The Morgan fingerprint density at radius 1 is 0.300 bits per heavy atom. The van der Waals surface area contributed by atoms with Gasteiger partial charge in [-0.3, -0.25) is 0 Å². The van der Waals surface area contributed by atoms with Crippen LogP contribution in [0.15, 0.2) is 0 Å². The van der Waals surface area contributed by atoms with Gasteiger partial charge >= 0.3 is 34.7 Å². The van der Waals surface area contributed by atoms with Gasteiger partial charge in [-0.2, -0.15) is 0 Å². The molecule has 114 valence electrons. The first-order valence-corrected chi connectivity index (χ1v) is 6.23. The van der Waals surface area contributed by atoms with Crippen molar-refractivity contribution < 1.29 is 30.6 Å². The van der Waals surface area contributed by atoms with E-state index in [1.807, 2.05) is 0 Å². The quantitative estimate of drug-likeness (QED) is 0.307. The molecule has 0 aliphatic heterocycles. The molecular formula is C12H24Al2O6. The Bertz CT molecular complexity index is 80.9. The van der Waals surface area contributed by atoms with Gasteiger partial charge in [0.15, 0.2) is 0 Å². The van der Waals surface area contributed by atoms with Crippen LogP contribution in [-0.4, -0.2) is 74.4 Å². The van der Waals surface area contributed by atoms with Crippen molar-refractivity contribution in [2.75, 3.05) is 39.6 Å². The Labute approximate surface area is 143 Å². The third-order valence-corrected chi connectivity index (χ3v) is 1.62. The largest absolute Gasteiger partial charge is 3.00 e. The predicted molar refractivity (Wildman–Crippen MR) is 68.4 cm³/mol. The Kier molecular flexibility index (Phi) is 69.8. The van der Waals surface area contributed by atoms with Gasteiger partial charge in [0.25, 0.3) is 0 Å². The zero-order valence-corrected chi connectivity index (χ0v) is 14.4. The van der Waals surface area contributed by atoms with E-state index in [1.165, 1.54) is 0 Å². The average molecular weight is 318 g/mol. The Balaban J connectivity index is -0.0000000536. The van der Waals surface area contributed by atoms with Gasteiger partial charge in [0, 0.05) is 0 Å². The minimum absolute atomic E-state index is 0. The first-order valence-electron chi connectivity index (χ1n) is 6.23. The maximum atomic E-state index is 9.55. The Morgan fingerprint density at radius 3 is 0.450 bits per heavy atom. The van der Waals surface area contributed by atoms with Gasteiger partial charge in [-0.1, -0.05) is 38.5 Å². The summed E-state index contributed by atoms with van der Waals surface area (Å²) in [6.45, 7) is -0.570. The van der Waals surface area contributed by atoms with Gasteiger partial charge in [0.05, 0.1) is 0 Å². The van der Waals surface area contributed by atoms with Crippen LogP contribution in [0.1, 0.15) is 38.5 Å². The molecule has 8 heteroatoms.